The minimum Gasteiger partial charge on any atom is -0.507 e. The molecular weight excluding hydrogens is 673 g/mol. The van der Waals surface area contributed by atoms with E-state index in [2.05, 4.69) is 107 Å². The van der Waals surface area contributed by atoms with Crippen LogP contribution in [0.5, 0.6) is 0 Å². The molecule has 212 valence electrons. The van der Waals surface area contributed by atoms with Crippen LogP contribution in [0.4, 0.5) is 5.69 Å². The summed E-state index contributed by atoms with van der Waals surface area (Å²) in [5, 5.41) is 0. The molecule has 40 heavy (non-hydrogen) atoms. The number of para-hydroxylation sites is 1. The molecule has 0 saturated carbocycles. The molecular formula is C35H38N3OPt-3. The van der Waals surface area contributed by atoms with Crippen molar-refractivity contribution in [1.82, 2.24) is 9.88 Å². The average Bonchev–Trinajstić information content (AvgIpc) is 3.59. The van der Waals surface area contributed by atoms with Crippen LogP contribution in [0.25, 0.3) is 22.6 Å². The number of nitrogens with zero attached hydrogens (tertiary/aromatic N) is 3. The van der Waals surface area contributed by atoms with Crippen molar-refractivity contribution >= 4 is 5.69 Å². The first-order valence-corrected chi connectivity index (χ1v) is 14.0. The van der Waals surface area contributed by atoms with Gasteiger partial charge in [-0.1, -0.05) is 53.7 Å². The monoisotopic (exact) mass is 711 g/mol. The van der Waals surface area contributed by atoms with Gasteiger partial charge >= 0.3 is 0 Å². The van der Waals surface area contributed by atoms with Crippen LogP contribution in [-0.2, 0) is 27.5 Å². The van der Waals surface area contributed by atoms with E-state index in [0.29, 0.717) is 24.2 Å². The molecule has 1 aliphatic heterocycles. The van der Waals surface area contributed by atoms with E-state index in [9.17, 15) is 0 Å². The molecule has 0 amide bonds. The normalized spacial score (nSPS) is 13.1. The average molecular weight is 712 g/mol. The first-order valence-electron chi connectivity index (χ1n) is 14.0. The Morgan fingerprint density at radius 1 is 0.850 bits per heavy atom. The van der Waals surface area contributed by atoms with E-state index in [1.807, 2.05) is 36.4 Å². The van der Waals surface area contributed by atoms with Gasteiger partial charge in [0.15, 0.2) is 5.89 Å². The second kappa shape index (κ2) is 13.0. The van der Waals surface area contributed by atoms with Crippen molar-refractivity contribution < 1.29 is 25.5 Å². The third-order valence-corrected chi connectivity index (χ3v) is 7.24. The van der Waals surface area contributed by atoms with Gasteiger partial charge in [-0.05, 0) is 53.4 Å². The third kappa shape index (κ3) is 6.44. The van der Waals surface area contributed by atoms with Crippen LogP contribution in [0.1, 0.15) is 81.9 Å². The maximum absolute atomic E-state index is 6.69. The van der Waals surface area contributed by atoms with E-state index in [-0.39, 0.29) is 21.1 Å². The Balaban J connectivity index is 0.00000370. The maximum Gasteiger partial charge on any atom is 0.186 e. The number of rotatable bonds is 9. The van der Waals surface area contributed by atoms with E-state index in [1.54, 1.807) is 0 Å². The molecule has 0 radical (unpaired) electrons. The fourth-order valence-corrected chi connectivity index (χ4v) is 5.02. The Hall–Kier alpha value is -3.10. The van der Waals surface area contributed by atoms with Crippen LogP contribution in [0.2, 0.25) is 0 Å². The summed E-state index contributed by atoms with van der Waals surface area (Å²) in [5.41, 5.74) is 8.03. The van der Waals surface area contributed by atoms with Crippen molar-refractivity contribution in [3.8, 4) is 22.6 Å². The van der Waals surface area contributed by atoms with Gasteiger partial charge in [-0.2, -0.15) is 37.0 Å². The van der Waals surface area contributed by atoms with Crippen LogP contribution in [0.15, 0.2) is 77.5 Å². The van der Waals surface area contributed by atoms with E-state index in [0.717, 1.165) is 35.1 Å². The van der Waals surface area contributed by atoms with Gasteiger partial charge in [-0.3, -0.25) is 4.98 Å². The van der Waals surface area contributed by atoms with Gasteiger partial charge in [0.05, 0.1) is 0 Å². The van der Waals surface area contributed by atoms with Crippen LogP contribution < -0.4 is 4.90 Å². The van der Waals surface area contributed by atoms with Gasteiger partial charge in [-0.15, -0.1) is 41.6 Å². The SMILES string of the molecule is CC(C)c1cc(C(C)C)c(-c2oc(CCN3C=CN(c4[c-]cccc4)[CH-]3)nc2-c2[c-]cccc2)c(C(C)C)c1.[Pt]. The van der Waals surface area contributed by atoms with Gasteiger partial charge in [0.2, 0.25) is 0 Å². The fraction of sp³-hybridized carbons (Fsp3) is 0.314. The molecule has 0 N–H and O–H groups in total. The molecule has 2 heterocycles. The quantitative estimate of drug-likeness (QED) is 0.163. The molecule has 0 unspecified atom stereocenters. The summed E-state index contributed by atoms with van der Waals surface area (Å²) >= 11 is 0. The second-order valence-corrected chi connectivity index (χ2v) is 11.2. The maximum atomic E-state index is 6.69. The van der Waals surface area contributed by atoms with Crippen molar-refractivity contribution in [2.75, 3.05) is 11.4 Å². The Morgan fingerprint density at radius 3 is 2.10 bits per heavy atom. The number of aromatic nitrogens is 1. The number of hydrogen-bond donors (Lipinski definition) is 0. The summed E-state index contributed by atoms with van der Waals surface area (Å²) in [4.78, 5) is 9.31. The van der Waals surface area contributed by atoms with Crippen LogP contribution in [0, 0.1) is 18.8 Å². The van der Waals surface area contributed by atoms with E-state index in [4.69, 9.17) is 9.40 Å². The van der Waals surface area contributed by atoms with Gasteiger partial charge in [0.25, 0.3) is 0 Å². The molecule has 0 saturated heterocycles. The minimum absolute atomic E-state index is 0. The molecule has 4 nitrogen and oxygen atoms in total. The van der Waals surface area contributed by atoms with Crippen LogP contribution in [0.3, 0.4) is 0 Å². The van der Waals surface area contributed by atoms with Crippen molar-refractivity contribution in [2.24, 2.45) is 0 Å². The summed E-state index contributed by atoms with van der Waals surface area (Å²) < 4.78 is 6.69. The first kappa shape index (κ1) is 29.9. The van der Waals surface area contributed by atoms with Crippen molar-refractivity contribution in [2.45, 2.75) is 65.7 Å². The Morgan fingerprint density at radius 2 is 1.52 bits per heavy atom. The number of oxazole rings is 1. The summed E-state index contributed by atoms with van der Waals surface area (Å²) in [5.74, 6) is 2.75. The zero-order valence-electron chi connectivity index (χ0n) is 24.2. The zero-order valence-corrected chi connectivity index (χ0v) is 26.5. The molecule has 0 spiro atoms. The van der Waals surface area contributed by atoms with Gasteiger partial charge < -0.3 is 14.2 Å². The molecule has 1 aromatic heterocycles. The largest absolute Gasteiger partial charge is 0.507 e. The minimum atomic E-state index is 0. The zero-order chi connectivity index (χ0) is 27.5. The van der Waals surface area contributed by atoms with E-state index < -0.39 is 0 Å². The molecule has 0 bridgehead atoms. The molecule has 4 aromatic rings. The van der Waals surface area contributed by atoms with Crippen molar-refractivity contribution in [3.63, 3.8) is 0 Å². The molecule has 0 atom stereocenters. The Bertz CT molecular complexity index is 1390. The van der Waals surface area contributed by atoms with Gasteiger partial charge in [0.1, 0.15) is 5.76 Å². The van der Waals surface area contributed by atoms with Crippen LogP contribution in [-0.4, -0.2) is 16.4 Å². The van der Waals surface area contributed by atoms with Gasteiger partial charge in [-0.25, -0.2) is 0 Å². The molecule has 0 aliphatic carbocycles. The first-order chi connectivity index (χ1) is 18.8. The van der Waals surface area contributed by atoms with E-state index >= 15 is 0 Å². The van der Waals surface area contributed by atoms with Gasteiger partial charge in [0, 0.05) is 38.7 Å². The number of benzene rings is 3. The standard InChI is InChI=1S/C35H38N3O.Pt/c1-24(2)28-21-30(25(3)4)33(31(22-28)26(5)6)35-34(27-13-9-7-10-14-27)36-32(39-35)17-18-37-19-20-38(23-37)29-15-11-8-12-16-29;/h7-13,15,19-26H,17-18H2,1-6H3;/q-3;. The van der Waals surface area contributed by atoms with Crippen molar-refractivity contribution in [3.05, 3.63) is 114 Å². The summed E-state index contributed by atoms with van der Waals surface area (Å²) in [6, 6.07) is 27.5. The number of anilines is 1. The fourth-order valence-electron chi connectivity index (χ4n) is 5.02. The predicted octanol–water partition coefficient (Wildman–Crippen LogP) is 8.93. The summed E-state index contributed by atoms with van der Waals surface area (Å²) in [6.07, 6.45) is 4.82. The van der Waals surface area contributed by atoms with Crippen molar-refractivity contribution in [1.29, 1.82) is 0 Å². The molecule has 5 rings (SSSR count). The molecule has 1 aliphatic rings. The Kier molecular flexibility index (Phi) is 9.74. The molecule has 0 fully saturated rings. The predicted molar refractivity (Wildman–Crippen MR) is 160 cm³/mol. The summed E-state index contributed by atoms with van der Waals surface area (Å²) in [6.45, 7) is 16.4. The summed E-state index contributed by atoms with van der Waals surface area (Å²) in [7, 11) is 0. The topological polar surface area (TPSA) is 32.5 Å². The van der Waals surface area contributed by atoms with Crippen LogP contribution >= 0.6 is 0 Å². The van der Waals surface area contributed by atoms with E-state index in [1.165, 1.54) is 22.3 Å². The second-order valence-electron chi connectivity index (χ2n) is 11.2. The number of hydrogen-bond acceptors (Lipinski definition) is 4. The molecule has 3 aromatic carbocycles. The third-order valence-electron chi connectivity index (χ3n) is 7.24. The molecule has 5 heteroatoms. The Labute approximate surface area is 254 Å². The smallest absolute Gasteiger partial charge is 0.186 e.